The van der Waals surface area contributed by atoms with E-state index in [1.54, 1.807) is 11.8 Å². The Morgan fingerprint density at radius 2 is 1.83 bits per heavy atom. The van der Waals surface area contributed by atoms with E-state index in [0.717, 1.165) is 31.7 Å². The van der Waals surface area contributed by atoms with Gasteiger partial charge < -0.3 is 15.1 Å². The van der Waals surface area contributed by atoms with Gasteiger partial charge in [0.25, 0.3) is 0 Å². The first-order valence-corrected chi connectivity index (χ1v) is 8.41. The molecule has 124 valence electrons. The lowest BCUT2D eigenvalue weighted by Gasteiger charge is -2.23. The van der Waals surface area contributed by atoms with Gasteiger partial charge in [-0.2, -0.15) is 0 Å². The van der Waals surface area contributed by atoms with Crippen molar-refractivity contribution in [3.63, 3.8) is 0 Å². The van der Waals surface area contributed by atoms with Crippen LogP contribution in [0.25, 0.3) is 0 Å². The van der Waals surface area contributed by atoms with Crippen molar-refractivity contribution in [1.29, 1.82) is 0 Å². The molecule has 0 unspecified atom stereocenters. The zero-order chi connectivity index (χ0) is 16.2. The van der Waals surface area contributed by atoms with Gasteiger partial charge in [-0.15, -0.1) is 0 Å². The monoisotopic (exact) mass is 315 g/mol. The number of nitrogens with zero attached hydrogens (tertiary/aromatic N) is 2. The summed E-state index contributed by atoms with van der Waals surface area (Å²) < 4.78 is 0. The van der Waals surface area contributed by atoms with E-state index in [1.165, 1.54) is 0 Å². The van der Waals surface area contributed by atoms with E-state index >= 15 is 0 Å². The quantitative estimate of drug-likeness (QED) is 0.885. The van der Waals surface area contributed by atoms with Gasteiger partial charge in [0, 0.05) is 52.6 Å². The average Bonchev–Trinajstić information content (AvgIpc) is 3.13. The molecule has 0 radical (unpaired) electrons. The van der Waals surface area contributed by atoms with Gasteiger partial charge in [-0.1, -0.05) is 30.3 Å². The molecule has 1 N–H and O–H groups in total. The second-order valence-electron chi connectivity index (χ2n) is 6.65. The lowest BCUT2D eigenvalue weighted by Crippen LogP contribution is -2.36. The van der Waals surface area contributed by atoms with E-state index in [-0.39, 0.29) is 11.8 Å². The molecule has 0 aromatic heterocycles. The van der Waals surface area contributed by atoms with Gasteiger partial charge in [0.2, 0.25) is 11.8 Å². The SMILES string of the molecule is CC(=O)N(CCC(=O)N1C[C@H]2CNC[C@H]2C1)Cc1ccccc1. The summed E-state index contributed by atoms with van der Waals surface area (Å²) in [7, 11) is 0. The molecule has 2 amide bonds. The Morgan fingerprint density at radius 3 is 2.43 bits per heavy atom. The van der Waals surface area contributed by atoms with Crippen molar-refractivity contribution < 1.29 is 9.59 Å². The highest BCUT2D eigenvalue weighted by Crippen LogP contribution is 2.26. The number of fused-ring (bicyclic) bond motifs is 1. The molecule has 0 saturated carbocycles. The predicted octanol–water partition coefficient (Wildman–Crippen LogP) is 1.10. The molecule has 5 heteroatoms. The topological polar surface area (TPSA) is 52.7 Å². The van der Waals surface area contributed by atoms with Crippen molar-refractivity contribution in [2.45, 2.75) is 19.9 Å². The Bertz CT molecular complexity index is 549. The first kappa shape index (κ1) is 16.0. The molecular formula is C18H25N3O2. The van der Waals surface area contributed by atoms with E-state index in [4.69, 9.17) is 0 Å². The summed E-state index contributed by atoms with van der Waals surface area (Å²) in [5.41, 5.74) is 1.09. The minimum Gasteiger partial charge on any atom is -0.342 e. The van der Waals surface area contributed by atoms with E-state index in [2.05, 4.69) is 5.32 Å². The summed E-state index contributed by atoms with van der Waals surface area (Å²) in [6.45, 7) is 6.43. The number of carbonyl (C=O) groups is 2. The van der Waals surface area contributed by atoms with Crippen LogP contribution < -0.4 is 5.32 Å². The first-order chi connectivity index (χ1) is 11.1. The van der Waals surface area contributed by atoms with Crippen LogP contribution in [0.4, 0.5) is 0 Å². The molecule has 0 bridgehead atoms. The van der Waals surface area contributed by atoms with Crippen LogP contribution in [0, 0.1) is 11.8 Å². The summed E-state index contributed by atoms with van der Waals surface area (Å²) in [6.07, 6.45) is 0.416. The van der Waals surface area contributed by atoms with Crippen LogP contribution in [0.15, 0.2) is 30.3 Å². The van der Waals surface area contributed by atoms with Gasteiger partial charge in [0.1, 0.15) is 0 Å². The van der Waals surface area contributed by atoms with Gasteiger partial charge in [-0.25, -0.2) is 0 Å². The second-order valence-corrected chi connectivity index (χ2v) is 6.65. The summed E-state index contributed by atoms with van der Waals surface area (Å²) in [5.74, 6) is 1.43. The zero-order valence-electron chi connectivity index (χ0n) is 13.7. The third-order valence-electron chi connectivity index (χ3n) is 5.00. The van der Waals surface area contributed by atoms with Crippen molar-refractivity contribution >= 4 is 11.8 Å². The van der Waals surface area contributed by atoms with E-state index in [1.807, 2.05) is 35.2 Å². The molecule has 2 atom stereocenters. The van der Waals surface area contributed by atoms with Crippen LogP contribution in [0.3, 0.4) is 0 Å². The van der Waals surface area contributed by atoms with Crippen LogP contribution in [0.5, 0.6) is 0 Å². The predicted molar refractivity (Wildman–Crippen MR) is 88.6 cm³/mol. The Labute approximate surface area is 137 Å². The van der Waals surface area contributed by atoms with Crippen LogP contribution in [0.1, 0.15) is 18.9 Å². The van der Waals surface area contributed by atoms with E-state index in [0.29, 0.717) is 31.3 Å². The molecule has 2 fully saturated rings. The van der Waals surface area contributed by atoms with Gasteiger partial charge in [-0.3, -0.25) is 9.59 Å². The maximum atomic E-state index is 12.4. The minimum absolute atomic E-state index is 0.0177. The molecular weight excluding hydrogens is 290 g/mol. The molecule has 1 aromatic rings. The normalized spacial score (nSPS) is 22.9. The Hall–Kier alpha value is -1.88. The van der Waals surface area contributed by atoms with Crippen LogP contribution in [0.2, 0.25) is 0 Å². The Kier molecular flexibility index (Phi) is 4.96. The average molecular weight is 315 g/mol. The lowest BCUT2D eigenvalue weighted by atomic mass is 10.0. The van der Waals surface area contributed by atoms with Crippen molar-refractivity contribution in [2.75, 3.05) is 32.7 Å². The van der Waals surface area contributed by atoms with Gasteiger partial charge in [0.15, 0.2) is 0 Å². The molecule has 0 spiro atoms. The maximum Gasteiger partial charge on any atom is 0.224 e. The number of rotatable bonds is 5. The number of hydrogen-bond donors (Lipinski definition) is 1. The minimum atomic E-state index is 0.0177. The summed E-state index contributed by atoms with van der Waals surface area (Å²) in [4.78, 5) is 28.0. The molecule has 23 heavy (non-hydrogen) atoms. The molecule has 1 aromatic carbocycles. The fourth-order valence-corrected chi connectivity index (χ4v) is 3.60. The molecule has 2 aliphatic rings. The number of benzene rings is 1. The van der Waals surface area contributed by atoms with E-state index in [9.17, 15) is 9.59 Å². The summed E-state index contributed by atoms with van der Waals surface area (Å²) in [5, 5.41) is 3.39. The van der Waals surface area contributed by atoms with Crippen LogP contribution in [-0.2, 0) is 16.1 Å². The highest BCUT2D eigenvalue weighted by Gasteiger charge is 2.37. The molecule has 0 aliphatic carbocycles. The number of hydrogen-bond acceptors (Lipinski definition) is 3. The zero-order valence-corrected chi connectivity index (χ0v) is 13.7. The Balaban J connectivity index is 1.50. The van der Waals surface area contributed by atoms with Crippen molar-refractivity contribution in [3.8, 4) is 0 Å². The second kappa shape index (κ2) is 7.13. The van der Waals surface area contributed by atoms with Crippen LogP contribution >= 0.6 is 0 Å². The van der Waals surface area contributed by atoms with Crippen molar-refractivity contribution in [2.24, 2.45) is 11.8 Å². The third kappa shape index (κ3) is 3.91. The summed E-state index contributed by atoms with van der Waals surface area (Å²) in [6, 6.07) is 9.91. The lowest BCUT2D eigenvalue weighted by molar-refractivity contribution is -0.133. The van der Waals surface area contributed by atoms with Gasteiger partial charge >= 0.3 is 0 Å². The number of likely N-dealkylation sites (tertiary alicyclic amines) is 1. The van der Waals surface area contributed by atoms with Gasteiger partial charge in [0.05, 0.1) is 0 Å². The highest BCUT2D eigenvalue weighted by molar-refractivity contribution is 5.78. The van der Waals surface area contributed by atoms with E-state index < -0.39 is 0 Å². The Morgan fingerprint density at radius 1 is 1.17 bits per heavy atom. The van der Waals surface area contributed by atoms with Crippen molar-refractivity contribution in [1.82, 2.24) is 15.1 Å². The smallest absolute Gasteiger partial charge is 0.224 e. The van der Waals surface area contributed by atoms with Crippen molar-refractivity contribution in [3.05, 3.63) is 35.9 Å². The van der Waals surface area contributed by atoms with Crippen LogP contribution in [-0.4, -0.2) is 54.3 Å². The third-order valence-corrected chi connectivity index (χ3v) is 5.00. The fraction of sp³-hybridized carbons (Fsp3) is 0.556. The standard InChI is InChI=1S/C18H25N3O2/c1-14(22)20(11-15-5-3-2-4-6-15)8-7-18(23)21-12-16-9-19-10-17(16)13-21/h2-6,16-17,19H,7-13H2,1H3/t16-,17+. The van der Waals surface area contributed by atoms with Gasteiger partial charge in [-0.05, 0) is 17.4 Å². The molecule has 2 heterocycles. The fourth-order valence-electron chi connectivity index (χ4n) is 3.60. The number of carbonyl (C=O) groups excluding carboxylic acids is 2. The molecule has 2 aliphatic heterocycles. The summed E-state index contributed by atoms with van der Waals surface area (Å²) >= 11 is 0. The number of amides is 2. The number of nitrogens with one attached hydrogen (secondary N) is 1. The molecule has 3 rings (SSSR count). The molecule has 2 saturated heterocycles. The molecule has 5 nitrogen and oxygen atoms in total. The highest BCUT2D eigenvalue weighted by atomic mass is 16.2. The maximum absolute atomic E-state index is 12.4. The first-order valence-electron chi connectivity index (χ1n) is 8.41. The largest absolute Gasteiger partial charge is 0.342 e.